The second-order valence-corrected chi connectivity index (χ2v) is 6.44. The molecule has 1 heterocycles. The Kier molecular flexibility index (Phi) is 5.69. The third-order valence-corrected chi connectivity index (χ3v) is 4.48. The molecule has 1 aromatic heterocycles. The molecule has 0 saturated carbocycles. The lowest BCUT2D eigenvalue weighted by atomic mass is 10.1. The largest absolute Gasteiger partial charge is 0.318 e. The van der Waals surface area contributed by atoms with Crippen molar-refractivity contribution >= 4 is 17.8 Å². The van der Waals surface area contributed by atoms with Gasteiger partial charge in [0.2, 0.25) is 0 Å². The quantitative estimate of drug-likeness (QED) is 0.395. The standard InChI is InChI=1S/C21H16FN5O3/c1-13-8-16(14(2)26(13)17-4-3-5-18(10-17)27(29)30)12-24-25-21(28)19-7-6-15(11-23)9-20(19)22/h3-10,12H,1-2H3,(H,25,28)/b24-12-. The van der Waals surface area contributed by atoms with Crippen molar-refractivity contribution in [2.24, 2.45) is 5.10 Å². The molecule has 0 aliphatic carbocycles. The van der Waals surface area contributed by atoms with E-state index in [0.717, 1.165) is 17.5 Å². The summed E-state index contributed by atoms with van der Waals surface area (Å²) in [4.78, 5) is 22.7. The molecular weight excluding hydrogens is 389 g/mol. The number of nitrogens with one attached hydrogen (secondary N) is 1. The molecule has 8 nitrogen and oxygen atoms in total. The van der Waals surface area contributed by atoms with E-state index in [4.69, 9.17) is 5.26 Å². The molecule has 2 aromatic carbocycles. The molecule has 0 radical (unpaired) electrons. The highest BCUT2D eigenvalue weighted by Crippen LogP contribution is 2.23. The second kappa shape index (κ2) is 8.36. The third-order valence-electron chi connectivity index (χ3n) is 4.48. The number of rotatable bonds is 5. The van der Waals surface area contributed by atoms with Gasteiger partial charge < -0.3 is 4.57 Å². The first kappa shape index (κ1) is 20.4. The Morgan fingerprint density at radius 1 is 1.27 bits per heavy atom. The maximum atomic E-state index is 13.9. The molecule has 0 spiro atoms. The van der Waals surface area contributed by atoms with Crippen LogP contribution in [0.15, 0.2) is 53.6 Å². The van der Waals surface area contributed by atoms with Gasteiger partial charge in [-0.15, -0.1) is 0 Å². The predicted molar refractivity (Wildman–Crippen MR) is 108 cm³/mol. The topological polar surface area (TPSA) is 113 Å². The molecule has 150 valence electrons. The lowest BCUT2D eigenvalue weighted by molar-refractivity contribution is -0.384. The summed E-state index contributed by atoms with van der Waals surface area (Å²) in [7, 11) is 0. The van der Waals surface area contributed by atoms with Gasteiger partial charge in [-0.25, -0.2) is 9.82 Å². The predicted octanol–water partition coefficient (Wildman–Crippen LogP) is 3.78. The van der Waals surface area contributed by atoms with Crippen LogP contribution in [0.5, 0.6) is 0 Å². The van der Waals surface area contributed by atoms with Gasteiger partial charge in [0, 0.05) is 29.1 Å². The van der Waals surface area contributed by atoms with Crippen molar-refractivity contribution in [2.45, 2.75) is 13.8 Å². The number of amides is 1. The number of benzene rings is 2. The Morgan fingerprint density at radius 2 is 2.03 bits per heavy atom. The fraction of sp³-hybridized carbons (Fsp3) is 0.0952. The van der Waals surface area contributed by atoms with E-state index in [-0.39, 0.29) is 16.8 Å². The zero-order chi connectivity index (χ0) is 21.8. The molecule has 0 fully saturated rings. The molecule has 3 aromatic rings. The smallest absolute Gasteiger partial charge is 0.274 e. The fourth-order valence-corrected chi connectivity index (χ4v) is 3.05. The highest BCUT2D eigenvalue weighted by Gasteiger charge is 2.14. The van der Waals surface area contributed by atoms with E-state index in [2.05, 4.69) is 10.5 Å². The van der Waals surface area contributed by atoms with Crippen molar-refractivity contribution in [3.05, 3.63) is 92.5 Å². The third kappa shape index (κ3) is 4.07. The Hall–Kier alpha value is -4.32. The average molecular weight is 405 g/mol. The van der Waals surface area contributed by atoms with Crippen molar-refractivity contribution in [2.75, 3.05) is 0 Å². The molecule has 30 heavy (non-hydrogen) atoms. The number of nitrogens with zero attached hydrogens (tertiary/aromatic N) is 4. The van der Waals surface area contributed by atoms with Crippen molar-refractivity contribution in [3.8, 4) is 11.8 Å². The van der Waals surface area contributed by atoms with E-state index in [9.17, 15) is 19.3 Å². The minimum atomic E-state index is -0.814. The van der Waals surface area contributed by atoms with Crippen LogP contribution in [-0.4, -0.2) is 21.6 Å². The number of hydrazone groups is 1. The Bertz CT molecular complexity index is 1220. The molecular formula is C21H16FN5O3. The number of aromatic nitrogens is 1. The molecule has 3 rings (SSSR count). The maximum Gasteiger partial charge on any atom is 0.274 e. The lowest BCUT2D eigenvalue weighted by Crippen LogP contribution is -2.19. The number of non-ortho nitro benzene ring substituents is 1. The molecule has 0 saturated heterocycles. The van der Waals surface area contributed by atoms with Gasteiger partial charge in [-0.05, 0) is 44.2 Å². The molecule has 0 unspecified atom stereocenters. The zero-order valence-corrected chi connectivity index (χ0v) is 16.1. The molecule has 0 atom stereocenters. The van der Waals surface area contributed by atoms with E-state index in [1.165, 1.54) is 30.5 Å². The van der Waals surface area contributed by atoms with Gasteiger partial charge in [0.25, 0.3) is 11.6 Å². The molecule has 0 bridgehead atoms. The number of carbonyl (C=O) groups excluding carboxylic acids is 1. The monoisotopic (exact) mass is 405 g/mol. The second-order valence-electron chi connectivity index (χ2n) is 6.44. The Labute approximate surface area is 171 Å². The van der Waals surface area contributed by atoms with Crippen molar-refractivity contribution < 1.29 is 14.1 Å². The number of carbonyl (C=O) groups is 1. The van der Waals surface area contributed by atoms with Crippen LogP contribution in [0, 0.1) is 41.1 Å². The number of nitro benzene ring substituents is 1. The minimum absolute atomic E-state index is 0.0214. The molecule has 0 aliphatic rings. The summed E-state index contributed by atoms with van der Waals surface area (Å²) in [5, 5.41) is 23.7. The van der Waals surface area contributed by atoms with Crippen LogP contribution in [0.3, 0.4) is 0 Å². The van der Waals surface area contributed by atoms with Crippen LogP contribution >= 0.6 is 0 Å². The van der Waals surface area contributed by atoms with Crippen molar-refractivity contribution in [1.29, 1.82) is 5.26 Å². The van der Waals surface area contributed by atoms with Crippen molar-refractivity contribution in [1.82, 2.24) is 9.99 Å². The summed E-state index contributed by atoms with van der Waals surface area (Å²) in [6, 6.07) is 13.4. The van der Waals surface area contributed by atoms with Crippen LogP contribution in [-0.2, 0) is 0 Å². The first-order valence-corrected chi connectivity index (χ1v) is 8.78. The highest BCUT2D eigenvalue weighted by molar-refractivity contribution is 5.95. The summed E-state index contributed by atoms with van der Waals surface area (Å²) in [6.45, 7) is 3.66. The van der Waals surface area contributed by atoms with Gasteiger partial charge in [-0.3, -0.25) is 14.9 Å². The minimum Gasteiger partial charge on any atom is -0.318 e. The average Bonchev–Trinajstić information content (AvgIpc) is 3.00. The molecule has 0 aliphatic heterocycles. The van der Waals surface area contributed by atoms with Gasteiger partial charge in [-0.2, -0.15) is 10.4 Å². The van der Waals surface area contributed by atoms with Crippen LogP contribution in [0.25, 0.3) is 5.69 Å². The molecule has 1 N–H and O–H groups in total. The summed E-state index contributed by atoms with van der Waals surface area (Å²) in [6.07, 6.45) is 1.41. The summed E-state index contributed by atoms with van der Waals surface area (Å²) < 4.78 is 15.7. The maximum absolute atomic E-state index is 13.9. The number of nitro groups is 1. The SMILES string of the molecule is Cc1cc(/C=N\NC(=O)c2ccc(C#N)cc2F)c(C)n1-c1cccc([N+](=O)[O-])c1. The number of nitriles is 1. The van der Waals surface area contributed by atoms with Crippen LogP contribution in [0.4, 0.5) is 10.1 Å². The van der Waals surface area contributed by atoms with Gasteiger partial charge >= 0.3 is 0 Å². The van der Waals surface area contributed by atoms with E-state index in [1.54, 1.807) is 18.2 Å². The molecule has 1 amide bonds. The van der Waals surface area contributed by atoms with Crippen LogP contribution in [0.2, 0.25) is 0 Å². The summed E-state index contributed by atoms with van der Waals surface area (Å²) in [5.74, 6) is -1.56. The van der Waals surface area contributed by atoms with Gasteiger partial charge in [0.05, 0.1) is 34.0 Å². The number of hydrogen-bond donors (Lipinski definition) is 1. The van der Waals surface area contributed by atoms with E-state index in [0.29, 0.717) is 11.3 Å². The fourth-order valence-electron chi connectivity index (χ4n) is 3.05. The summed E-state index contributed by atoms with van der Waals surface area (Å²) >= 11 is 0. The normalized spacial score (nSPS) is 10.7. The van der Waals surface area contributed by atoms with E-state index >= 15 is 0 Å². The Balaban J connectivity index is 1.81. The highest BCUT2D eigenvalue weighted by atomic mass is 19.1. The van der Waals surface area contributed by atoms with Crippen LogP contribution < -0.4 is 5.43 Å². The lowest BCUT2D eigenvalue weighted by Gasteiger charge is -2.09. The number of halogens is 1. The van der Waals surface area contributed by atoms with Gasteiger partial charge in [0.15, 0.2) is 0 Å². The number of hydrogen-bond acceptors (Lipinski definition) is 5. The van der Waals surface area contributed by atoms with Gasteiger partial charge in [-0.1, -0.05) is 6.07 Å². The van der Waals surface area contributed by atoms with Crippen LogP contribution in [0.1, 0.15) is 32.9 Å². The Morgan fingerprint density at radius 3 is 2.70 bits per heavy atom. The van der Waals surface area contributed by atoms with E-state index < -0.39 is 16.6 Å². The zero-order valence-electron chi connectivity index (χ0n) is 16.1. The van der Waals surface area contributed by atoms with Gasteiger partial charge in [0.1, 0.15) is 5.82 Å². The number of aryl methyl sites for hydroxylation is 1. The summed E-state index contributed by atoms with van der Waals surface area (Å²) in [5.41, 5.74) is 5.00. The van der Waals surface area contributed by atoms with Crippen molar-refractivity contribution in [3.63, 3.8) is 0 Å². The first-order chi connectivity index (χ1) is 14.3. The first-order valence-electron chi connectivity index (χ1n) is 8.78. The molecule has 9 heteroatoms. The van der Waals surface area contributed by atoms with E-state index in [1.807, 2.05) is 24.5 Å².